The van der Waals surface area contributed by atoms with Gasteiger partial charge in [-0.15, -0.1) is 0 Å². The molecule has 0 aliphatic rings. The summed E-state index contributed by atoms with van der Waals surface area (Å²) in [5, 5.41) is 17.8. The van der Waals surface area contributed by atoms with Crippen LogP contribution in [0.2, 0.25) is 0 Å². The molecule has 1 aromatic carbocycles. The van der Waals surface area contributed by atoms with Gasteiger partial charge >= 0.3 is 0 Å². The van der Waals surface area contributed by atoms with E-state index in [-0.39, 0.29) is 0 Å². The Labute approximate surface area is 84.8 Å². The summed E-state index contributed by atoms with van der Waals surface area (Å²) in [6.45, 7) is 3.99. The van der Waals surface area contributed by atoms with Crippen LogP contribution in [0.5, 0.6) is 5.75 Å². The van der Waals surface area contributed by atoms with Crippen LogP contribution in [-0.2, 0) is 0 Å². The first-order valence-electron chi connectivity index (χ1n) is 4.81. The minimum Gasteiger partial charge on any atom is -0.508 e. The molecule has 1 aromatic rings. The molecule has 2 nitrogen and oxygen atoms in total. The maximum Gasteiger partial charge on any atom is 0.118 e. The Bertz CT molecular complexity index is 352. The maximum atomic E-state index is 9.35. The lowest BCUT2D eigenvalue weighted by Gasteiger charge is -2.11. The van der Waals surface area contributed by atoms with Gasteiger partial charge in [-0.05, 0) is 36.5 Å². The van der Waals surface area contributed by atoms with Crippen molar-refractivity contribution in [3.8, 4) is 11.8 Å². The van der Waals surface area contributed by atoms with Crippen molar-refractivity contribution in [2.75, 3.05) is 0 Å². The third-order valence-corrected chi connectivity index (χ3v) is 2.48. The van der Waals surface area contributed by atoms with E-state index in [0.717, 1.165) is 12.0 Å². The Balaban J connectivity index is 2.76. The fourth-order valence-electron chi connectivity index (χ4n) is 1.43. The van der Waals surface area contributed by atoms with E-state index in [1.807, 2.05) is 19.1 Å². The summed E-state index contributed by atoms with van der Waals surface area (Å²) in [6, 6.07) is 7.77. The highest BCUT2D eigenvalue weighted by Crippen LogP contribution is 2.25. The van der Waals surface area contributed by atoms with E-state index >= 15 is 0 Å². The topological polar surface area (TPSA) is 44.0 Å². The van der Waals surface area contributed by atoms with Crippen LogP contribution in [0.25, 0.3) is 0 Å². The average molecular weight is 189 g/mol. The summed E-state index contributed by atoms with van der Waals surface area (Å²) in [7, 11) is 0. The molecule has 0 fully saturated rings. The Morgan fingerprint density at radius 2 is 2.21 bits per heavy atom. The number of nitrogens with zero attached hydrogens (tertiary/aromatic N) is 1. The molecule has 0 aromatic heterocycles. The zero-order chi connectivity index (χ0) is 10.6. The molecule has 1 atom stereocenters. The van der Waals surface area contributed by atoms with Gasteiger partial charge in [0.25, 0.3) is 0 Å². The first-order valence-corrected chi connectivity index (χ1v) is 4.81. The molecule has 74 valence electrons. The van der Waals surface area contributed by atoms with Gasteiger partial charge in [0.2, 0.25) is 0 Å². The number of benzene rings is 1. The fraction of sp³-hybridized carbons (Fsp3) is 0.417. The van der Waals surface area contributed by atoms with Crippen molar-refractivity contribution in [3.63, 3.8) is 0 Å². The lowest BCUT2D eigenvalue weighted by atomic mass is 9.95. The summed E-state index contributed by atoms with van der Waals surface area (Å²) in [6.07, 6.45) is 1.46. The third-order valence-electron chi connectivity index (χ3n) is 2.48. The van der Waals surface area contributed by atoms with Crippen LogP contribution in [0, 0.1) is 18.3 Å². The molecular formula is C12H15NO. The number of aryl methyl sites for hydroxylation is 1. The first-order chi connectivity index (χ1) is 6.65. The molecule has 0 aliphatic carbocycles. The van der Waals surface area contributed by atoms with Gasteiger partial charge in [-0.25, -0.2) is 0 Å². The minimum atomic E-state index is 0.334. The Kier molecular flexibility index (Phi) is 3.53. The predicted molar refractivity (Wildman–Crippen MR) is 56.1 cm³/mol. The molecule has 0 radical (unpaired) electrons. The van der Waals surface area contributed by atoms with E-state index in [9.17, 15) is 5.11 Å². The Hall–Kier alpha value is -1.49. The number of nitriles is 1. The van der Waals surface area contributed by atoms with Crippen molar-refractivity contribution in [2.24, 2.45) is 0 Å². The number of rotatable bonds is 3. The summed E-state index contributed by atoms with van der Waals surface area (Å²) in [5.74, 6) is 0.718. The first kappa shape index (κ1) is 10.6. The normalized spacial score (nSPS) is 12.1. The number of phenolic OH excluding ortho intramolecular Hbond substituents is 1. The molecule has 2 heteroatoms. The van der Waals surface area contributed by atoms with Crippen molar-refractivity contribution >= 4 is 0 Å². The van der Waals surface area contributed by atoms with E-state index in [1.54, 1.807) is 6.07 Å². The summed E-state index contributed by atoms with van der Waals surface area (Å²) in [4.78, 5) is 0. The summed E-state index contributed by atoms with van der Waals surface area (Å²) < 4.78 is 0. The molecule has 1 N–H and O–H groups in total. The zero-order valence-electron chi connectivity index (χ0n) is 8.62. The van der Waals surface area contributed by atoms with Crippen LogP contribution in [0.3, 0.4) is 0 Å². The summed E-state index contributed by atoms with van der Waals surface area (Å²) in [5.41, 5.74) is 2.09. The van der Waals surface area contributed by atoms with Crippen molar-refractivity contribution < 1.29 is 5.11 Å². The molecule has 0 spiro atoms. The van der Waals surface area contributed by atoms with Gasteiger partial charge in [-0.1, -0.05) is 19.1 Å². The quantitative estimate of drug-likeness (QED) is 0.794. The highest BCUT2D eigenvalue weighted by atomic mass is 16.3. The largest absolute Gasteiger partial charge is 0.508 e. The SMILES string of the molecule is Cc1cc(C(C)CCC#N)ccc1O. The second-order valence-electron chi connectivity index (χ2n) is 3.64. The summed E-state index contributed by atoms with van der Waals surface area (Å²) >= 11 is 0. The van der Waals surface area contributed by atoms with E-state index in [2.05, 4.69) is 13.0 Å². The van der Waals surface area contributed by atoms with Crippen LogP contribution in [0.4, 0.5) is 0 Å². The maximum absolute atomic E-state index is 9.35. The van der Waals surface area contributed by atoms with Crippen LogP contribution in [-0.4, -0.2) is 5.11 Å². The van der Waals surface area contributed by atoms with E-state index < -0.39 is 0 Å². The van der Waals surface area contributed by atoms with Crippen molar-refractivity contribution in [3.05, 3.63) is 29.3 Å². The standard InChI is InChI=1S/C12H15NO/c1-9(4-3-7-13)11-5-6-12(14)10(2)8-11/h5-6,8-9,14H,3-4H2,1-2H3. The number of hydrogen-bond donors (Lipinski definition) is 1. The highest BCUT2D eigenvalue weighted by Gasteiger charge is 2.06. The number of phenols is 1. The second kappa shape index (κ2) is 4.66. The fourth-order valence-corrected chi connectivity index (χ4v) is 1.43. The molecule has 0 saturated heterocycles. The van der Waals surface area contributed by atoms with Gasteiger partial charge < -0.3 is 5.11 Å². The van der Waals surface area contributed by atoms with Gasteiger partial charge in [-0.3, -0.25) is 0 Å². The van der Waals surface area contributed by atoms with E-state index in [1.165, 1.54) is 5.56 Å². The van der Waals surface area contributed by atoms with Crippen LogP contribution < -0.4 is 0 Å². The van der Waals surface area contributed by atoms with Crippen LogP contribution in [0.15, 0.2) is 18.2 Å². The molecule has 1 rings (SSSR count). The third kappa shape index (κ3) is 2.50. The van der Waals surface area contributed by atoms with Crippen LogP contribution >= 0.6 is 0 Å². The zero-order valence-corrected chi connectivity index (χ0v) is 8.62. The predicted octanol–water partition coefficient (Wildman–Crippen LogP) is 3.11. The molecule has 14 heavy (non-hydrogen) atoms. The number of aromatic hydroxyl groups is 1. The van der Waals surface area contributed by atoms with Gasteiger partial charge in [0.15, 0.2) is 0 Å². The molecule has 0 amide bonds. The molecule has 0 saturated carbocycles. The van der Waals surface area contributed by atoms with Crippen molar-refractivity contribution in [1.29, 1.82) is 5.26 Å². The number of hydrogen-bond acceptors (Lipinski definition) is 2. The lowest BCUT2D eigenvalue weighted by molar-refractivity contribution is 0.470. The Morgan fingerprint density at radius 3 is 2.79 bits per heavy atom. The average Bonchev–Trinajstić information content (AvgIpc) is 2.18. The van der Waals surface area contributed by atoms with E-state index in [4.69, 9.17) is 5.26 Å². The van der Waals surface area contributed by atoms with Crippen molar-refractivity contribution in [2.45, 2.75) is 32.6 Å². The molecular weight excluding hydrogens is 174 g/mol. The molecule has 0 bridgehead atoms. The minimum absolute atomic E-state index is 0.334. The monoisotopic (exact) mass is 189 g/mol. The second-order valence-corrected chi connectivity index (χ2v) is 3.64. The molecule has 0 heterocycles. The van der Waals surface area contributed by atoms with Gasteiger partial charge in [-0.2, -0.15) is 5.26 Å². The van der Waals surface area contributed by atoms with E-state index in [0.29, 0.717) is 18.1 Å². The van der Waals surface area contributed by atoms with Crippen molar-refractivity contribution in [1.82, 2.24) is 0 Å². The molecule has 1 unspecified atom stereocenters. The smallest absolute Gasteiger partial charge is 0.118 e. The highest BCUT2D eigenvalue weighted by molar-refractivity contribution is 5.36. The lowest BCUT2D eigenvalue weighted by Crippen LogP contribution is -1.93. The van der Waals surface area contributed by atoms with Crippen LogP contribution in [0.1, 0.15) is 36.8 Å². The van der Waals surface area contributed by atoms with Gasteiger partial charge in [0.1, 0.15) is 5.75 Å². The van der Waals surface area contributed by atoms with Gasteiger partial charge in [0, 0.05) is 6.42 Å². The Morgan fingerprint density at radius 1 is 1.50 bits per heavy atom. The molecule has 0 aliphatic heterocycles. The van der Waals surface area contributed by atoms with Gasteiger partial charge in [0.05, 0.1) is 6.07 Å².